The van der Waals surface area contributed by atoms with Gasteiger partial charge in [0.05, 0.1) is 6.61 Å². The number of hydrogen-bond donors (Lipinski definition) is 2. The van der Waals surface area contributed by atoms with Gasteiger partial charge in [0.25, 0.3) is 0 Å². The number of hydrogen-bond acceptors (Lipinski definition) is 3. The highest BCUT2D eigenvalue weighted by Gasteiger charge is 2.03. The van der Waals surface area contributed by atoms with E-state index in [0.717, 1.165) is 11.4 Å². The second-order valence-electron chi connectivity index (χ2n) is 4.59. The normalized spacial score (nSPS) is 10.1. The fraction of sp³-hybridized carbons (Fsp3) is 0.429. The van der Waals surface area contributed by atoms with Crippen molar-refractivity contribution in [1.29, 1.82) is 0 Å². The van der Waals surface area contributed by atoms with E-state index in [0.29, 0.717) is 24.1 Å². The number of amides is 1. The van der Waals surface area contributed by atoms with Crippen molar-refractivity contribution < 1.29 is 9.53 Å². The Bertz CT molecular complexity index is 447. The summed E-state index contributed by atoms with van der Waals surface area (Å²) in [5, 5.41) is 5.84. The summed E-state index contributed by atoms with van der Waals surface area (Å²) in [4.78, 5) is 11.2. The Kier molecular flexibility index (Phi) is 6.29. The summed E-state index contributed by atoms with van der Waals surface area (Å²) in [6.07, 6.45) is 0.402. The van der Waals surface area contributed by atoms with Crippen LogP contribution in [0.4, 0.5) is 5.69 Å². The molecule has 1 aromatic rings. The molecule has 0 spiro atoms. The molecule has 1 aromatic carbocycles. The van der Waals surface area contributed by atoms with Crippen molar-refractivity contribution in [3.8, 4) is 5.75 Å². The first-order valence-electron chi connectivity index (χ1n) is 6.35. The third kappa shape index (κ3) is 6.20. The topological polar surface area (TPSA) is 50.4 Å². The lowest BCUT2D eigenvalue weighted by atomic mass is 10.2. The molecule has 0 atom stereocenters. The van der Waals surface area contributed by atoms with E-state index in [1.807, 2.05) is 24.3 Å². The minimum absolute atomic E-state index is 0.107. The molecule has 0 aliphatic heterocycles. The standard InChI is InChI=1S/C14H20N2O2S/c1-4-13(17)16-14(19)15-11-6-5-7-12(8-11)18-9-10(2)3/h5-8,10H,4,9H2,1-3H3,(H2,15,16,17,19). The lowest BCUT2D eigenvalue weighted by molar-refractivity contribution is -0.119. The van der Waals surface area contributed by atoms with E-state index in [1.54, 1.807) is 6.92 Å². The van der Waals surface area contributed by atoms with Crippen LogP contribution in [0.25, 0.3) is 0 Å². The first-order valence-corrected chi connectivity index (χ1v) is 6.75. The summed E-state index contributed by atoms with van der Waals surface area (Å²) in [6.45, 7) is 6.63. The Labute approximate surface area is 119 Å². The second-order valence-corrected chi connectivity index (χ2v) is 5.00. The lowest BCUT2D eigenvalue weighted by Crippen LogP contribution is -2.33. The molecule has 0 saturated carbocycles. The molecule has 0 aliphatic rings. The van der Waals surface area contributed by atoms with Crippen LogP contribution >= 0.6 is 12.2 Å². The van der Waals surface area contributed by atoms with Gasteiger partial charge in [0.2, 0.25) is 5.91 Å². The average Bonchev–Trinajstić information content (AvgIpc) is 2.36. The van der Waals surface area contributed by atoms with Gasteiger partial charge in [0.1, 0.15) is 5.75 Å². The van der Waals surface area contributed by atoms with Crippen molar-refractivity contribution in [2.75, 3.05) is 11.9 Å². The third-order valence-electron chi connectivity index (χ3n) is 2.25. The SMILES string of the molecule is CCC(=O)NC(=S)Nc1cccc(OCC(C)C)c1. The number of nitrogens with one attached hydrogen (secondary N) is 2. The van der Waals surface area contributed by atoms with Gasteiger partial charge in [0.15, 0.2) is 5.11 Å². The minimum atomic E-state index is -0.107. The van der Waals surface area contributed by atoms with Crippen molar-refractivity contribution in [3.05, 3.63) is 24.3 Å². The zero-order valence-corrected chi connectivity index (χ0v) is 12.3. The molecule has 0 radical (unpaired) electrons. The molecule has 0 saturated heterocycles. The van der Waals surface area contributed by atoms with Crippen molar-refractivity contribution in [2.45, 2.75) is 27.2 Å². The van der Waals surface area contributed by atoms with Crippen molar-refractivity contribution in [3.63, 3.8) is 0 Å². The molecule has 2 N–H and O–H groups in total. The van der Waals surface area contributed by atoms with E-state index < -0.39 is 0 Å². The van der Waals surface area contributed by atoms with Gasteiger partial charge in [-0.05, 0) is 30.3 Å². The predicted octanol–water partition coefficient (Wildman–Crippen LogP) is 2.94. The highest BCUT2D eigenvalue weighted by Crippen LogP contribution is 2.17. The molecular weight excluding hydrogens is 260 g/mol. The number of carbonyl (C=O) groups is 1. The second kappa shape index (κ2) is 7.74. The molecule has 0 fully saturated rings. The zero-order valence-electron chi connectivity index (χ0n) is 11.5. The van der Waals surface area contributed by atoms with Crippen molar-refractivity contribution in [1.82, 2.24) is 5.32 Å². The van der Waals surface area contributed by atoms with Gasteiger partial charge >= 0.3 is 0 Å². The molecule has 4 nitrogen and oxygen atoms in total. The maximum Gasteiger partial charge on any atom is 0.225 e. The largest absolute Gasteiger partial charge is 0.493 e. The lowest BCUT2D eigenvalue weighted by Gasteiger charge is -2.12. The molecule has 1 rings (SSSR count). The van der Waals surface area contributed by atoms with Gasteiger partial charge in [-0.1, -0.05) is 26.8 Å². The number of thiocarbonyl (C=S) groups is 1. The molecule has 0 heterocycles. The van der Waals surface area contributed by atoms with Gasteiger partial charge < -0.3 is 15.4 Å². The van der Waals surface area contributed by atoms with Crippen LogP contribution in [0.1, 0.15) is 27.2 Å². The van der Waals surface area contributed by atoms with Crippen LogP contribution in [-0.2, 0) is 4.79 Å². The molecule has 0 bridgehead atoms. The molecule has 5 heteroatoms. The van der Waals surface area contributed by atoms with E-state index in [2.05, 4.69) is 24.5 Å². The van der Waals surface area contributed by atoms with E-state index in [9.17, 15) is 4.79 Å². The number of ether oxygens (including phenoxy) is 1. The van der Waals surface area contributed by atoms with Crippen LogP contribution in [-0.4, -0.2) is 17.6 Å². The highest BCUT2D eigenvalue weighted by atomic mass is 32.1. The van der Waals surface area contributed by atoms with Gasteiger partial charge in [-0.25, -0.2) is 0 Å². The van der Waals surface area contributed by atoms with Gasteiger partial charge in [-0.3, -0.25) is 4.79 Å². The Balaban J connectivity index is 2.56. The minimum Gasteiger partial charge on any atom is -0.493 e. The maximum absolute atomic E-state index is 11.2. The van der Waals surface area contributed by atoms with Crippen LogP contribution in [0.15, 0.2) is 24.3 Å². The summed E-state index contributed by atoms with van der Waals surface area (Å²) in [7, 11) is 0. The fourth-order valence-electron chi connectivity index (χ4n) is 1.30. The summed E-state index contributed by atoms with van der Waals surface area (Å²) in [5.74, 6) is 1.15. The third-order valence-corrected chi connectivity index (χ3v) is 2.45. The quantitative estimate of drug-likeness (QED) is 0.814. The van der Waals surface area contributed by atoms with Gasteiger partial charge in [0, 0.05) is 18.2 Å². The Morgan fingerprint density at radius 3 is 2.79 bits per heavy atom. The fourth-order valence-corrected chi connectivity index (χ4v) is 1.54. The molecule has 19 heavy (non-hydrogen) atoms. The van der Waals surface area contributed by atoms with E-state index in [1.165, 1.54) is 0 Å². The Morgan fingerprint density at radius 1 is 1.42 bits per heavy atom. The number of benzene rings is 1. The van der Waals surface area contributed by atoms with E-state index in [-0.39, 0.29) is 5.91 Å². The van der Waals surface area contributed by atoms with Crippen LogP contribution in [0, 0.1) is 5.92 Å². The Hall–Kier alpha value is -1.62. The van der Waals surface area contributed by atoms with Gasteiger partial charge in [-0.2, -0.15) is 0 Å². The summed E-state index contributed by atoms with van der Waals surface area (Å²) >= 11 is 5.04. The zero-order chi connectivity index (χ0) is 14.3. The monoisotopic (exact) mass is 280 g/mol. The first-order chi connectivity index (χ1) is 9.01. The molecule has 1 amide bonds. The first kappa shape index (κ1) is 15.4. The van der Waals surface area contributed by atoms with Gasteiger partial charge in [-0.15, -0.1) is 0 Å². The molecule has 0 aliphatic carbocycles. The van der Waals surface area contributed by atoms with E-state index >= 15 is 0 Å². The summed E-state index contributed by atoms with van der Waals surface area (Å²) in [6, 6.07) is 7.49. The summed E-state index contributed by atoms with van der Waals surface area (Å²) < 4.78 is 5.62. The van der Waals surface area contributed by atoms with Crippen molar-refractivity contribution >= 4 is 28.9 Å². The molecule has 104 valence electrons. The maximum atomic E-state index is 11.2. The summed E-state index contributed by atoms with van der Waals surface area (Å²) in [5.41, 5.74) is 0.794. The molecular formula is C14H20N2O2S. The van der Waals surface area contributed by atoms with Crippen LogP contribution in [0.5, 0.6) is 5.75 Å². The smallest absolute Gasteiger partial charge is 0.225 e. The predicted molar refractivity (Wildman–Crippen MR) is 81.4 cm³/mol. The number of anilines is 1. The molecule has 0 aromatic heterocycles. The number of carbonyl (C=O) groups excluding carboxylic acids is 1. The van der Waals surface area contributed by atoms with Crippen LogP contribution in [0.2, 0.25) is 0 Å². The molecule has 0 unspecified atom stereocenters. The Morgan fingerprint density at radius 2 is 2.16 bits per heavy atom. The van der Waals surface area contributed by atoms with E-state index in [4.69, 9.17) is 17.0 Å². The average molecular weight is 280 g/mol. The van der Waals surface area contributed by atoms with Crippen LogP contribution < -0.4 is 15.4 Å². The van der Waals surface area contributed by atoms with Crippen molar-refractivity contribution in [2.24, 2.45) is 5.92 Å². The number of rotatable bonds is 5. The highest BCUT2D eigenvalue weighted by molar-refractivity contribution is 7.80. The van der Waals surface area contributed by atoms with Crippen LogP contribution in [0.3, 0.4) is 0 Å².